The third kappa shape index (κ3) is 4.12. The molecule has 0 aliphatic heterocycles. The second-order valence-corrected chi connectivity index (χ2v) is 9.66. The third-order valence-corrected chi connectivity index (χ3v) is 7.35. The fourth-order valence-corrected chi connectivity index (χ4v) is 5.18. The second kappa shape index (κ2) is 9.22. The number of hydrogen-bond donors (Lipinski definition) is 1. The van der Waals surface area contributed by atoms with Gasteiger partial charge in [-0.3, -0.25) is 0 Å². The molecule has 2 heterocycles. The number of nitrogens with one attached hydrogen (secondary N) is 1. The number of nitrogens with zero attached hydrogens (tertiary/aromatic N) is 4. The van der Waals surface area contributed by atoms with Crippen LogP contribution in [0.15, 0.2) is 82.7 Å². The number of anilines is 1. The van der Waals surface area contributed by atoms with Crippen molar-refractivity contribution in [3.05, 3.63) is 78.4 Å². The summed E-state index contributed by atoms with van der Waals surface area (Å²) in [6.45, 7) is 0.561. The average molecular weight is 490 g/mol. The Kier molecular flexibility index (Phi) is 5.96. The lowest BCUT2D eigenvalue weighted by molar-refractivity contribution is 0.354. The molecule has 0 saturated heterocycles. The number of sulfone groups is 1. The van der Waals surface area contributed by atoms with Crippen LogP contribution < -0.4 is 14.8 Å². The highest BCUT2D eigenvalue weighted by Crippen LogP contribution is 2.29. The van der Waals surface area contributed by atoms with Gasteiger partial charge >= 0.3 is 0 Å². The molecule has 2 aromatic heterocycles. The zero-order valence-electron chi connectivity index (χ0n) is 19.2. The second-order valence-electron chi connectivity index (χ2n) is 7.79. The van der Waals surface area contributed by atoms with Crippen LogP contribution in [0.25, 0.3) is 16.6 Å². The van der Waals surface area contributed by atoms with E-state index in [0.29, 0.717) is 35.8 Å². The molecule has 0 aliphatic rings. The minimum Gasteiger partial charge on any atom is -0.493 e. The number of fused-ring (bicyclic) bond motifs is 3. The van der Waals surface area contributed by atoms with Gasteiger partial charge in [-0.25, -0.2) is 13.4 Å². The molecule has 0 aliphatic carbocycles. The van der Waals surface area contributed by atoms with E-state index in [1.165, 1.54) is 16.6 Å². The Labute approximate surface area is 202 Å². The average Bonchev–Trinajstić information content (AvgIpc) is 3.34. The number of rotatable bonds is 8. The van der Waals surface area contributed by atoms with Gasteiger partial charge in [0.1, 0.15) is 5.82 Å². The lowest BCUT2D eigenvalue weighted by Crippen LogP contribution is -2.09. The highest BCUT2D eigenvalue weighted by Gasteiger charge is 2.26. The minimum atomic E-state index is -3.90. The van der Waals surface area contributed by atoms with Crippen LogP contribution >= 0.6 is 0 Å². The molecule has 3 aromatic carbocycles. The van der Waals surface area contributed by atoms with E-state index in [2.05, 4.69) is 20.6 Å². The van der Waals surface area contributed by atoms with E-state index in [1.807, 2.05) is 42.5 Å². The maximum Gasteiger partial charge on any atom is 0.229 e. The summed E-state index contributed by atoms with van der Waals surface area (Å²) in [7, 11) is -0.692. The Hall–Kier alpha value is -4.18. The minimum absolute atomic E-state index is 0.139. The van der Waals surface area contributed by atoms with E-state index in [0.717, 1.165) is 10.9 Å². The molecular weight excluding hydrogens is 466 g/mol. The standard InChI is InChI=1S/C25H23N5O4S/c1-33-21-13-12-17(16-22(21)34-2)14-15-26-23-19-10-6-7-11-20(19)30-24(27-23)25(28-29-30)35(31,32)18-8-4-3-5-9-18/h3-13,16H,14-15H2,1-2H3,(H,26,27). The number of hydrogen-bond acceptors (Lipinski definition) is 8. The van der Waals surface area contributed by atoms with Crippen molar-refractivity contribution < 1.29 is 17.9 Å². The quantitative estimate of drug-likeness (QED) is 0.351. The van der Waals surface area contributed by atoms with Gasteiger partial charge in [0.2, 0.25) is 14.9 Å². The van der Waals surface area contributed by atoms with Crippen LogP contribution in [0.2, 0.25) is 0 Å². The molecule has 0 saturated carbocycles. The summed E-state index contributed by atoms with van der Waals surface area (Å²) < 4.78 is 38.7. The van der Waals surface area contributed by atoms with Gasteiger partial charge in [0, 0.05) is 11.9 Å². The van der Waals surface area contributed by atoms with Crippen molar-refractivity contribution in [2.45, 2.75) is 16.3 Å². The summed E-state index contributed by atoms with van der Waals surface area (Å²) in [5.41, 5.74) is 1.92. The Morgan fingerprint density at radius 1 is 0.914 bits per heavy atom. The maximum atomic E-state index is 13.3. The lowest BCUT2D eigenvalue weighted by Gasteiger charge is -2.12. The van der Waals surface area contributed by atoms with Gasteiger partial charge in [-0.05, 0) is 48.4 Å². The highest BCUT2D eigenvalue weighted by atomic mass is 32.2. The molecule has 1 N–H and O–H groups in total. The first-order valence-corrected chi connectivity index (χ1v) is 12.4. The van der Waals surface area contributed by atoms with Gasteiger partial charge in [0.15, 0.2) is 17.1 Å². The first-order chi connectivity index (χ1) is 17.0. The van der Waals surface area contributed by atoms with Crippen LogP contribution in [0.1, 0.15) is 5.56 Å². The Morgan fingerprint density at radius 3 is 2.43 bits per heavy atom. The smallest absolute Gasteiger partial charge is 0.229 e. The van der Waals surface area contributed by atoms with Crippen LogP contribution in [0.5, 0.6) is 11.5 Å². The molecule has 0 amide bonds. The van der Waals surface area contributed by atoms with Crippen molar-refractivity contribution in [3.63, 3.8) is 0 Å². The van der Waals surface area contributed by atoms with Crippen LogP contribution in [-0.4, -0.2) is 49.0 Å². The van der Waals surface area contributed by atoms with Gasteiger partial charge in [-0.2, -0.15) is 4.52 Å². The molecule has 0 radical (unpaired) electrons. The number of benzene rings is 3. The molecule has 0 atom stereocenters. The molecule has 9 nitrogen and oxygen atoms in total. The van der Waals surface area contributed by atoms with E-state index in [4.69, 9.17) is 9.47 Å². The number of para-hydroxylation sites is 1. The van der Waals surface area contributed by atoms with E-state index in [-0.39, 0.29) is 15.6 Å². The van der Waals surface area contributed by atoms with E-state index < -0.39 is 9.84 Å². The molecule has 0 bridgehead atoms. The molecule has 0 unspecified atom stereocenters. The van der Waals surface area contributed by atoms with Gasteiger partial charge in [0.25, 0.3) is 0 Å². The van der Waals surface area contributed by atoms with E-state index in [1.54, 1.807) is 32.4 Å². The number of ether oxygens (including phenoxy) is 2. The summed E-state index contributed by atoms with van der Waals surface area (Å²) in [6, 6.07) is 21.5. The van der Waals surface area contributed by atoms with Crippen molar-refractivity contribution in [1.29, 1.82) is 0 Å². The summed E-state index contributed by atoms with van der Waals surface area (Å²) in [6.07, 6.45) is 0.689. The predicted molar refractivity (Wildman–Crippen MR) is 132 cm³/mol. The van der Waals surface area contributed by atoms with Crippen molar-refractivity contribution >= 4 is 32.2 Å². The normalized spacial score (nSPS) is 11.6. The van der Waals surface area contributed by atoms with Crippen molar-refractivity contribution in [1.82, 2.24) is 19.8 Å². The van der Waals surface area contributed by atoms with Crippen LogP contribution in [0.3, 0.4) is 0 Å². The Bertz CT molecular complexity index is 1620. The van der Waals surface area contributed by atoms with Gasteiger partial charge in [-0.1, -0.05) is 41.6 Å². The fraction of sp³-hybridized carbons (Fsp3) is 0.160. The molecule has 35 heavy (non-hydrogen) atoms. The Balaban J connectivity index is 1.51. The number of methoxy groups -OCH3 is 2. The van der Waals surface area contributed by atoms with Crippen LogP contribution in [0, 0.1) is 0 Å². The largest absolute Gasteiger partial charge is 0.493 e. The summed E-state index contributed by atoms with van der Waals surface area (Å²) in [5.74, 6) is 1.89. The predicted octanol–water partition coefficient (Wildman–Crippen LogP) is 3.78. The number of aromatic nitrogens is 4. The lowest BCUT2D eigenvalue weighted by atomic mass is 10.1. The third-order valence-electron chi connectivity index (χ3n) is 5.68. The maximum absolute atomic E-state index is 13.3. The molecule has 178 valence electrons. The van der Waals surface area contributed by atoms with Crippen molar-refractivity contribution in [3.8, 4) is 11.5 Å². The van der Waals surface area contributed by atoms with Gasteiger partial charge in [-0.15, -0.1) is 5.10 Å². The summed E-state index contributed by atoms with van der Waals surface area (Å²) >= 11 is 0. The molecule has 10 heteroatoms. The summed E-state index contributed by atoms with van der Waals surface area (Å²) in [4.78, 5) is 4.79. The first kappa shape index (κ1) is 22.6. The van der Waals surface area contributed by atoms with E-state index >= 15 is 0 Å². The summed E-state index contributed by atoms with van der Waals surface area (Å²) in [5, 5.41) is 12.1. The topological polar surface area (TPSA) is 108 Å². The molecular formula is C25H23N5O4S. The molecule has 0 spiro atoms. The monoisotopic (exact) mass is 489 g/mol. The highest BCUT2D eigenvalue weighted by molar-refractivity contribution is 7.91. The SMILES string of the molecule is COc1ccc(CCNc2nc3c(S(=O)(=O)c4ccccc4)nnn3c3ccccc23)cc1OC. The van der Waals surface area contributed by atoms with Crippen molar-refractivity contribution in [2.24, 2.45) is 0 Å². The van der Waals surface area contributed by atoms with Crippen LogP contribution in [0.4, 0.5) is 5.82 Å². The molecule has 5 rings (SSSR count). The van der Waals surface area contributed by atoms with Gasteiger partial charge in [0.05, 0.1) is 24.6 Å². The van der Waals surface area contributed by atoms with Crippen LogP contribution in [-0.2, 0) is 16.3 Å². The first-order valence-electron chi connectivity index (χ1n) is 10.9. The Morgan fingerprint density at radius 2 is 1.66 bits per heavy atom. The molecule has 0 fully saturated rings. The molecule has 5 aromatic rings. The van der Waals surface area contributed by atoms with Gasteiger partial charge < -0.3 is 14.8 Å². The van der Waals surface area contributed by atoms with Crippen molar-refractivity contribution in [2.75, 3.05) is 26.1 Å². The van der Waals surface area contributed by atoms with E-state index in [9.17, 15) is 8.42 Å². The fourth-order valence-electron chi connectivity index (χ4n) is 3.93. The zero-order valence-corrected chi connectivity index (χ0v) is 20.0. The zero-order chi connectivity index (χ0) is 24.4.